The fourth-order valence-corrected chi connectivity index (χ4v) is 0. The van der Waals surface area contributed by atoms with E-state index in [0.717, 1.165) is 5.92 Å². The van der Waals surface area contributed by atoms with E-state index in [0.29, 0.717) is 6.04 Å². The molecule has 0 aromatic rings. The third-order valence-corrected chi connectivity index (χ3v) is 1.000. The average molecular weight is 282 g/mol. The highest BCUT2D eigenvalue weighted by atomic mass is 14.6. The summed E-state index contributed by atoms with van der Waals surface area (Å²) in [5.41, 5.74) is 9.61. The van der Waals surface area contributed by atoms with Crippen molar-refractivity contribution in [3.05, 3.63) is 0 Å². The van der Waals surface area contributed by atoms with Crippen molar-refractivity contribution in [2.75, 3.05) is 7.05 Å². The molecule has 0 atom stereocenters. The molecule has 0 aliphatic carbocycles. The molecular formula is C16H47N3. The van der Waals surface area contributed by atoms with Gasteiger partial charge in [0.05, 0.1) is 0 Å². The Bertz CT molecular complexity index is 54.9. The fraction of sp³-hybridized carbons (Fsp3) is 1.00. The van der Waals surface area contributed by atoms with Crippen molar-refractivity contribution in [1.29, 1.82) is 0 Å². The fourth-order valence-electron chi connectivity index (χ4n) is 0. The van der Waals surface area contributed by atoms with Gasteiger partial charge in [-0.15, -0.1) is 0 Å². The number of unbranched alkanes of at least 4 members (excludes halogenated alkanes) is 2. The van der Waals surface area contributed by atoms with Crippen molar-refractivity contribution in [3.63, 3.8) is 0 Å². The molecule has 0 aromatic heterocycles. The molecule has 0 aromatic carbocycles. The molecule has 7 N–H and O–H groups in total. The third kappa shape index (κ3) is 1280. The molecule has 0 heterocycles. The first-order valence-corrected chi connectivity index (χ1v) is 7.63. The van der Waals surface area contributed by atoms with Crippen LogP contribution in [0.1, 0.15) is 88.0 Å². The lowest BCUT2D eigenvalue weighted by Crippen LogP contribution is -2.06. The molecule has 0 fully saturated rings. The Morgan fingerprint density at radius 2 is 0.684 bits per heavy atom. The lowest BCUT2D eigenvalue weighted by molar-refractivity contribution is 0.737. The molecule has 0 aliphatic heterocycles. The van der Waals surface area contributed by atoms with Crippen molar-refractivity contribution >= 4 is 0 Å². The predicted octanol–water partition coefficient (Wildman–Crippen LogP) is 5.37. The van der Waals surface area contributed by atoms with E-state index in [2.05, 4.69) is 54.2 Å². The molecule has 0 amide bonds. The van der Waals surface area contributed by atoms with Gasteiger partial charge in [0, 0.05) is 0 Å². The maximum atomic E-state index is 5.11. The van der Waals surface area contributed by atoms with Gasteiger partial charge in [-0.2, -0.15) is 0 Å². The quantitative estimate of drug-likeness (QED) is 0.636. The Labute approximate surface area is 125 Å². The molecule has 0 rings (SSSR count). The van der Waals surface area contributed by atoms with Crippen LogP contribution in [0, 0.1) is 5.92 Å². The van der Waals surface area contributed by atoms with Crippen LogP contribution in [0.2, 0.25) is 0 Å². The van der Waals surface area contributed by atoms with Gasteiger partial charge in [-0.05, 0) is 19.0 Å². The van der Waals surface area contributed by atoms with Crippen LogP contribution in [-0.4, -0.2) is 13.1 Å². The van der Waals surface area contributed by atoms with E-state index in [9.17, 15) is 0 Å². The smallest absolute Gasteiger partial charge is 0.00179 e. The summed E-state index contributed by atoms with van der Waals surface area (Å²) in [6.45, 7) is 19.1. The van der Waals surface area contributed by atoms with Gasteiger partial charge in [0.2, 0.25) is 0 Å². The van der Waals surface area contributed by atoms with Gasteiger partial charge in [-0.3, -0.25) is 0 Å². The van der Waals surface area contributed by atoms with Gasteiger partial charge < -0.3 is 17.6 Å². The van der Waals surface area contributed by atoms with Crippen LogP contribution in [0.3, 0.4) is 0 Å². The van der Waals surface area contributed by atoms with E-state index in [1.54, 1.807) is 0 Å². The molecule has 3 nitrogen and oxygen atoms in total. The standard InChI is InChI=1S/3C4H10.C3H9N.CH5N.H3N/c1-4(2)3;2*1-3-4-2;1-3(2)4;1-2;/h4H,1-3H3;2*3-4H2,1-2H3;3H,4H2,1-2H3;2H2,1H3;1H3. The summed E-state index contributed by atoms with van der Waals surface area (Å²) in [5, 5.41) is 0. The molecule has 3 heteroatoms. The topological polar surface area (TPSA) is 87.0 Å². The van der Waals surface area contributed by atoms with Crippen molar-refractivity contribution in [2.45, 2.75) is 94.0 Å². The van der Waals surface area contributed by atoms with E-state index in [1.807, 2.05) is 13.8 Å². The first kappa shape index (κ1) is 36.4. The SMILES string of the molecule is CC(C)C.CC(C)N.CCCC.CCCC.CN.N. The van der Waals surface area contributed by atoms with Crippen LogP contribution in [0.5, 0.6) is 0 Å². The minimum Gasteiger partial charge on any atom is -0.344 e. The monoisotopic (exact) mass is 281 g/mol. The molecular weight excluding hydrogens is 234 g/mol. The maximum Gasteiger partial charge on any atom is -0.00179 e. The normalized spacial score (nSPS) is 7.26. The zero-order chi connectivity index (χ0) is 16.0. The summed E-state index contributed by atoms with van der Waals surface area (Å²) in [7, 11) is 1.50. The van der Waals surface area contributed by atoms with E-state index in [-0.39, 0.29) is 6.15 Å². The molecule has 19 heavy (non-hydrogen) atoms. The minimum absolute atomic E-state index is 0. The van der Waals surface area contributed by atoms with Crippen LogP contribution >= 0.6 is 0 Å². The van der Waals surface area contributed by atoms with Gasteiger partial charge in [0.15, 0.2) is 0 Å². The molecule has 0 unspecified atom stereocenters. The summed E-state index contributed by atoms with van der Waals surface area (Å²) in [6, 6.07) is 0.333. The Hall–Kier alpha value is -0.120. The second-order valence-electron chi connectivity index (χ2n) is 4.98. The predicted molar refractivity (Wildman–Crippen MR) is 96.1 cm³/mol. The van der Waals surface area contributed by atoms with Crippen LogP contribution in [-0.2, 0) is 0 Å². The van der Waals surface area contributed by atoms with Gasteiger partial charge in [0.1, 0.15) is 0 Å². The van der Waals surface area contributed by atoms with E-state index < -0.39 is 0 Å². The summed E-state index contributed by atoms with van der Waals surface area (Å²) in [4.78, 5) is 0. The molecule has 0 spiro atoms. The number of nitrogens with two attached hydrogens (primary N) is 2. The van der Waals surface area contributed by atoms with Crippen LogP contribution < -0.4 is 17.6 Å². The number of hydrogen-bond donors (Lipinski definition) is 3. The van der Waals surface area contributed by atoms with Crippen LogP contribution in [0.15, 0.2) is 0 Å². The summed E-state index contributed by atoms with van der Waals surface area (Å²) in [5.74, 6) is 0.833. The maximum absolute atomic E-state index is 5.11. The van der Waals surface area contributed by atoms with Crippen molar-refractivity contribution in [3.8, 4) is 0 Å². The summed E-state index contributed by atoms with van der Waals surface area (Å²) in [6.07, 6.45) is 5.28. The highest BCUT2D eigenvalue weighted by Crippen LogP contribution is 1.81. The summed E-state index contributed by atoms with van der Waals surface area (Å²) >= 11 is 0. The van der Waals surface area contributed by atoms with Gasteiger partial charge >= 0.3 is 0 Å². The van der Waals surface area contributed by atoms with Gasteiger partial charge in [-0.1, -0.05) is 88.0 Å². The number of rotatable bonds is 2. The highest BCUT2D eigenvalue weighted by Gasteiger charge is 1.68. The Balaban J connectivity index is -0.0000000279. The zero-order valence-electron chi connectivity index (χ0n) is 15.8. The van der Waals surface area contributed by atoms with Crippen molar-refractivity contribution in [2.24, 2.45) is 17.4 Å². The van der Waals surface area contributed by atoms with Crippen molar-refractivity contribution < 1.29 is 0 Å². The molecule has 0 aliphatic rings. The van der Waals surface area contributed by atoms with Gasteiger partial charge in [0.25, 0.3) is 0 Å². The molecule has 0 saturated heterocycles. The minimum atomic E-state index is 0. The lowest BCUT2D eigenvalue weighted by Gasteiger charge is -1.81. The molecule has 0 bridgehead atoms. The van der Waals surface area contributed by atoms with E-state index >= 15 is 0 Å². The molecule has 0 radical (unpaired) electrons. The molecule has 0 saturated carbocycles. The van der Waals surface area contributed by atoms with Crippen LogP contribution in [0.4, 0.5) is 0 Å². The molecule has 126 valence electrons. The Kier molecular flexibility index (Phi) is 99.9. The Morgan fingerprint density at radius 3 is 0.684 bits per heavy atom. The van der Waals surface area contributed by atoms with E-state index in [1.165, 1.54) is 32.7 Å². The third-order valence-electron chi connectivity index (χ3n) is 1.000. The van der Waals surface area contributed by atoms with Gasteiger partial charge in [-0.25, -0.2) is 0 Å². The summed E-state index contributed by atoms with van der Waals surface area (Å²) < 4.78 is 0. The van der Waals surface area contributed by atoms with Crippen LogP contribution in [0.25, 0.3) is 0 Å². The Morgan fingerprint density at radius 1 is 0.632 bits per heavy atom. The number of hydrogen-bond acceptors (Lipinski definition) is 3. The highest BCUT2D eigenvalue weighted by molar-refractivity contribution is 4.32. The van der Waals surface area contributed by atoms with Crippen molar-refractivity contribution in [1.82, 2.24) is 6.15 Å². The second kappa shape index (κ2) is 52.2. The van der Waals surface area contributed by atoms with E-state index in [4.69, 9.17) is 5.73 Å². The zero-order valence-corrected chi connectivity index (χ0v) is 15.8. The first-order valence-electron chi connectivity index (χ1n) is 7.63. The first-order chi connectivity index (χ1) is 8.29. The second-order valence-corrected chi connectivity index (χ2v) is 4.98. The largest absolute Gasteiger partial charge is 0.344 e. The average Bonchev–Trinajstić information content (AvgIpc) is 2.30. The lowest BCUT2D eigenvalue weighted by atomic mass is 10.3.